The fourth-order valence-corrected chi connectivity index (χ4v) is 3.92. The van der Waals surface area contributed by atoms with Gasteiger partial charge in [-0.2, -0.15) is 0 Å². The molecule has 6 nitrogen and oxygen atoms in total. The molecule has 5 rings (SSSR count). The predicted molar refractivity (Wildman–Crippen MR) is 105 cm³/mol. The molecule has 28 heavy (non-hydrogen) atoms. The van der Waals surface area contributed by atoms with Crippen LogP contribution >= 0.6 is 0 Å². The maximum absolute atomic E-state index is 12.2. The molecular formula is C22H24N4O2. The van der Waals surface area contributed by atoms with E-state index in [0.717, 1.165) is 42.6 Å². The zero-order valence-corrected chi connectivity index (χ0v) is 16.1. The number of carbonyl (C=O) groups excluding carboxylic acids is 1. The summed E-state index contributed by atoms with van der Waals surface area (Å²) in [6.07, 6.45) is 6.11. The van der Waals surface area contributed by atoms with E-state index in [1.165, 1.54) is 0 Å². The van der Waals surface area contributed by atoms with Crippen LogP contribution in [0.3, 0.4) is 0 Å². The molecule has 6 heteroatoms. The highest BCUT2D eigenvalue weighted by Crippen LogP contribution is 2.52. The standard InChI is InChI=1S/C22H24N4O2/c1-21(2,28)17-4-3-13-26-18(17)24-25-20(26)22(11-12-22)15-7-5-14(6-8-15)19(27)23-16-9-10-16/h3-8,13,16,28H,9-12H2,1-2H3,(H,23,27). The summed E-state index contributed by atoms with van der Waals surface area (Å²) < 4.78 is 1.99. The Morgan fingerprint density at radius 2 is 1.89 bits per heavy atom. The molecule has 144 valence electrons. The summed E-state index contributed by atoms with van der Waals surface area (Å²) in [6, 6.07) is 12.0. The average Bonchev–Trinajstić information content (AvgIpc) is 3.60. The molecule has 2 aliphatic carbocycles. The van der Waals surface area contributed by atoms with E-state index in [1.54, 1.807) is 13.8 Å². The van der Waals surface area contributed by atoms with Crippen molar-refractivity contribution in [3.05, 3.63) is 65.1 Å². The molecule has 2 fully saturated rings. The molecular weight excluding hydrogens is 352 g/mol. The van der Waals surface area contributed by atoms with Crippen LogP contribution in [-0.4, -0.2) is 31.7 Å². The van der Waals surface area contributed by atoms with Gasteiger partial charge >= 0.3 is 0 Å². The first-order chi connectivity index (χ1) is 13.4. The highest BCUT2D eigenvalue weighted by atomic mass is 16.3. The lowest BCUT2D eigenvalue weighted by molar-refractivity contribution is 0.0795. The molecule has 0 atom stereocenters. The second-order valence-corrected chi connectivity index (χ2v) is 8.61. The monoisotopic (exact) mass is 376 g/mol. The van der Waals surface area contributed by atoms with Gasteiger partial charge in [0, 0.05) is 23.4 Å². The predicted octanol–water partition coefficient (Wildman–Crippen LogP) is 2.93. The van der Waals surface area contributed by atoms with E-state index in [2.05, 4.69) is 15.5 Å². The average molecular weight is 376 g/mol. The summed E-state index contributed by atoms with van der Waals surface area (Å²) in [4.78, 5) is 12.2. The van der Waals surface area contributed by atoms with Crippen molar-refractivity contribution >= 4 is 11.6 Å². The zero-order chi connectivity index (χ0) is 19.5. The number of hydrogen-bond acceptors (Lipinski definition) is 4. The van der Waals surface area contributed by atoms with Gasteiger partial charge in [0.1, 0.15) is 5.82 Å². The second-order valence-electron chi connectivity index (χ2n) is 8.61. The molecule has 1 amide bonds. The number of carbonyl (C=O) groups is 1. The maximum Gasteiger partial charge on any atom is 0.251 e. The first-order valence-corrected chi connectivity index (χ1v) is 9.87. The number of rotatable bonds is 5. The zero-order valence-electron chi connectivity index (χ0n) is 16.1. The van der Waals surface area contributed by atoms with Gasteiger partial charge in [-0.1, -0.05) is 18.2 Å². The van der Waals surface area contributed by atoms with E-state index in [9.17, 15) is 9.90 Å². The number of nitrogens with one attached hydrogen (secondary N) is 1. The van der Waals surface area contributed by atoms with Gasteiger partial charge in [0.25, 0.3) is 5.91 Å². The second kappa shape index (κ2) is 5.88. The largest absolute Gasteiger partial charge is 0.386 e. The molecule has 3 aromatic rings. The number of pyridine rings is 1. The Bertz CT molecular complexity index is 1050. The lowest BCUT2D eigenvalue weighted by atomic mass is 9.93. The van der Waals surface area contributed by atoms with E-state index in [4.69, 9.17) is 0 Å². The van der Waals surface area contributed by atoms with Crippen LogP contribution in [0.25, 0.3) is 5.65 Å². The molecule has 0 aliphatic heterocycles. The van der Waals surface area contributed by atoms with Crippen LogP contribution in [-0.2, 0) is 11.0 Å². The van der Waals surface area contributed by atoms with Gasteiger partial charge in [-0.25, -0.2) is 0 Å². The minimum absolute atomic E-state index is 0.00152. The van der Waals surface area contributed by atoms with E-state index in [1.807, 2.05) is 47.0 Å². The third-order valence-electron chi connectivity index (χ3n) is 5.88. The minimum Gasteiger partial charge on any atom is -0.386 e. The number of aromatic nitrogens is 3. The van der Waals surface area contributed by atoms with Crippen molar-refractivity contribution in [1.29, 1.82) is 0 Å². The number of amides is 1. The molecule has 2 heterocycles. The number of aliphatic hydroxyl groups is 1. The summed E-state index contributed by atoms with van der Waals surface area (Å²) >= 11 is 0. The molecule has 2 aliphatic rings. The molecule has 1 aromatic carbocycles. The van der Waals surface area contributed by atoms with Gasteiger partial charge in [0.2, 0.25) is 0 Å². The van der Waals surface area contributed by atoms with Crippen LogP contribution in [0.1, 0.15) is 66.8 Å². The fourth-order valence-electron chi connectivity index (χ4n) is 3.92. The van der Waals surface area contributed by atoms with E-state index >= 15 is 0 Å². The molecule has 2 saturated carbocycles. The SMILES string of the molecule is CC(C)(O)c1cccn2c(C3(c4ccc(C(=O)NC5CC5)cc4)CC3)nnc12. The van der Waals surface area contributed by atoms with Gasteiger partial charge in [-0.05, 0) is 63.3 Å². The van der Waals surface area contributed by atoms with Gasteiger partial charge in [-0.3, -0.25) is 9.20 Å². The smallest absolute Gasteiger partial charge is 0.251 e. The maximum atomic E-state index is 12.2. The third-order valence-corrected chi connectivity index (χ3v) is 5.88. The summed E-state index contributed by atoms with van der Waals surface area (Å²) in [6.45, 7) is 3.52. The Hall–Kier alpha value is -2.73. The first-order valence-electron chi connectivity index (χ1n) is 9.87. The molecule has 2 aromatic heterocycles. The molecule has 0 radical (unpaired) electrons. The number of hydrogen-bond donors (Lipinski definition) is 2. The quantitative estimate of drug-likeness (QED) is 0.718. The molecule has 0 saturated heterocycles. The summed E-state index contributed by atoms with van der Waals surface area (Å²) in [5, 5.41) is 22.4. The highest BCUT2D eigenvalue weighted by Gasteiger charge is 2.50. The Morgan fingerprint density at radius 3 is 2.50 bits per heavy atom. The number of fused-ring (bicyclic) bond motifs is 1. The van der Waals surface area contributed by atoms with Crippen molar-refractivity contribution in [2.24, 2.45) is 0 Å². The Kier molecular flexibility index (Phi) is 3.65. The van der Waals surface area contributed by atoms with E-state index < -0.39 is 5.60 Å². The normalized spacial score (nSPS) is 18.2. The van der Waals surface area contributed by atoms with Crippen LogP contribution in [0.4, 0.5) is 0 Å². The first kappa shape index (κ1) is 17.4. The van der Waals surface area contributed by atoms with Crippen molar-refractivity contribution in [2.45, 2.75) is 56.6 Å². The Morgan fingerprint density at radius 1 is 1.18 bits per heavy atom. The van der Waals surface area contributed by atoms with Gasteiger partial charge < -0.3 is 10.4 Å². The van der Waals surface area contributed by atoms with E-state index in [0.29, 0.717) is 17.3 Å². The molecule has 0 spiro atoms. The van der Waals surface area contributed by atoms with Crippen molar-refractivity contribution in [3.63, 3.8) is 0 Å². The number of benzene rings is 1. The summed E-state index contributed by atoms with van der Waals surface area (Å²) in [7, 11) is 0. The topological polar surface area (TPSA) is 79.5 Å². The lowest BCUT2D eigenvalue weighted by Crippen LogP contribution is -2.25. The lowest BCUT2D eigenvalue weighted by Gasteiger charge is -2.19. The van der Waals surface area contributed by atoms with Crippen LogP contribution in [0.5, 0.6) is 0 Å². The van der Waals surface area contributed by atoms with E-state index in [-0.39, 0.29) is 11.3 Å². The van der Waals surface area contributed by atoms with Crippen molar-refractivity contribution in [3.8, 4) is 0 Å². The highest BCUT2D eigenvalue weighted by molar-refractivity contribution is 5.94. The van der Waals surface area contributed by atoms with Crippen molar-refractivity contribution in [2.75, 3.05) is 0 Å². The van der Waals surface area contributed by atoms with Crippen LogP contribution < -0.4 is 5.32 Å². The summed E-state index contributed by atoms with van der Waals surface area (Å²) in [5.41, 5.74) is 2.14. The number of nitrogens with zero attached hydrogens (tertiary/aromatic N) is 3. The fraction of sp³-hybridized carbons (Fsp3) is 0.409. The van der Waals surface area contributed by atoms with Crippen LogP contribution in [0.2, 0.25) is 0 Å². The van der Waals surface area contributed by atoms with Crippen molar-refractivity contribution in [1.82, 2.24) is 19.9 Å². The minimum atomic E-state index is -0.986. The third kappa shape index (κ3) is 2.79. The van der Waals surface area contributed by atoms with Crippen molar-refractivity contribution < 1.29 is 9.90 Å². The molecule has 0 unspecified atom stereocenters. The Labute approximate surface area is 163 Å². The van der Waals surface area contributed by atoms with Crippen LogP contribution in [0.15, 0.2) is 42.6 Å². The van der Waals surface area contributed by atoms with Gasteiger partial charge in [0.05, 0.1) is 11.0 Å². The molecule has 0 bridgehead atoms. The summed E-state index contributed by atoms with van der Waals surface area (Å²) in [5.74, 6) is 0.894. The molecule has 2 N–H and O–H groups in total. The van der Waals surface area contributed by atoms with Gasteiger partial charge in [0.15, 0.2) is 5.65 Å². The Balaban J connectivity index is 1.50. The van der Waals surface area contributed by atoms with Crippen LogP contribution in [0, 0.1) is 0 Å². The van der Waals surface area contributed by atoms with Gasteiger partial charge in [-0.15, -0.1) is 10.2 Å².